The third-order valence-corrected chi connectivity index (χ3v) is 25.8. The van der Waals surface area contributed by atoms with E-state index in [0.717, 1.165) is 130 Å². The molecule has 0 saturated carbocycles. The largest absolute Gasteiger partial charge is 0.451 e. The number of hydrogen-bond donors (Lipinski definition) is 0. The first kappa shape index (κ1) is 94.5. The molecule has 30 nitrogen and oxygen atoms in total. The number of morpholine rings is 1. The third-order valence-electron chi connectivity index (χ3n) is 25.8. The van der Waals surface area contributed by atoms with E-state index in [1.807, 2.05) is 188 Å². The molecule has 1 fully saturated rings. The van der Waals surface area contributed by atoms with Crippen LogP contribution in [0.4, 0.5) is 42.4 Å². The number of amides is 4. The molecule has 0 N–H and O–H groups in total. The van der Waals surface area contributed by atoms with Crippen LogP contribution in [-0.2, 0) is 103 Å². The Labute approximate surface area is 818 Å². The molecule has 0 radical (unpaired) electrons. The predicted molar refractivity (Wildman–Crippen MR) is 536 cm³/mol. The van der Waals surface area contributed by atoms with Gasteiger partial charge in [0.1, 0.15) is 34.8 Å². The fourth-order valence-corrected chi connectivity index (χ4v) is 18.2. The monoisotopic (exact) mass is 1900 g/mol. The standard InChI is InChI=1S/C29H31N7O2.C28H24N6O.C26H23F3N6O.C26H26N6O/c1-19(2)23-6-4-5-7-24(23)27-30-17-22-16-25(37)36(28(22)31-27)18-20-8-10-21(11-9-20)26-32-29(34(3)33-26)35-12-14-38-15-13-35;1-18(2)22-5-3-4-6-23(22)26-31-16-21-15-24(35)34(27(21)32-26)17-19-7-9-20(10-8-19)25-28-30-12-14-33(28)13-11-29-25;1-15(2)19-6-4-5-7-20(19)23-30-13-18-12-21(36)35(24(18)31-23)14-16-8-10-17(11-9-16)22-32-25(26(27,28)29)34(3)33-22;1-16(2)21-7-5-6-8-22(21)25-27-14-20-13-23(33)32(26(20)29-25)15-18-9-11-19(12-10-18)24-28-17(3)31(4)30-24/h4-11,17,19H,12-16,18H2,1-3H3;3-14,16,18H,15,17H2,1-2H3;4-11,13,15H,12,14H2,1-3H3;5-12,14,16H,13,15H2,1-4H3. The van der Waals surface area contributed by atoms with E-state index in [2.05, 4.69) is 140 Å². The van der Waals surface area contributed by atoms with Gasteiger partial charge in [-0.25, -0.2) is 64.2 Å². The van der Waals surface area contributed by atoms with E-state index in [-0.39, 0.29) is 48.3 Å². The van der Waals surface area contributed by atoms with Gasteiger partial charge in [-0.15, -0.1) is 5.10 Å². The number of carbonyl (C=O) groups excluding carboxylic acids is 4. The highest BCUT2D eigenvalue weighted by molar-refractivity contribution is 6.03. The van der Waals surface area contributed by atoms with Crippen molar-refractivity contribution < 1.29 is 37.1 Å². The van der Waals surface area contributed by atoms with Crippen LogP contribution in [0.3, 0.4) is 0 Å². The summed E-state index contributed by atoms with van der Waals surface area (Å²) < 4.78 is 50.9. The van der Waals surface area contributed by atoms with Gasteiger partial charge < -0.3 is 14.0 Å². The zero-order chi connectivity index (χ0) is 98.9. The number of aromatic nitrogens is 20. The summed E-state index contributed by atoms with van der Waals surface area (Å²) in [6.07, 6.45) is 11.0. The van der Waals surface area contributed by atoms with Crippen molar-refractivity contribution in [1.82, 2.24) is 98.5 Å². The minimum atomic E-state index is -4.58. The maximum absolute atomic E-state index is 13.1. The number of ether oxygens (including phenoxy) is 1. The van der Waals surface area contributed by atoms with Gasteiger partial charge in [0.05, 0.1) is 65.1 Å². The summed E-state index contributed by atoms with van der Waals surface area (Å²) in [5.41, 5.74) is 20.9. The highest BCUT2D eigenvalue weighted by atomic mass is 19.4. The van der Waals surface area contributed by atoms with Crippen LogP contribution in [0.1, 0.15) is 157 Å². The second-order valence-corrected chi connectivity index (χ2v) is 36.9. The van der Waals surface area contributed by atoms with E-state index in [0.29, 0.717) is 134 Å². The van der Waals surface area contributed by atoms with Gasteiger partial charge in [-0.3, -0.25) is 48.4 Å². The van der Waals surface area contributed by atoms with Gasteiger partial charge in [0.2, 0.25) is 35.4 Å². The normalized spacial score (nSPS) is 13.8. The quantitative estimate of drug-likeness (QED) is 0.0645. The molecule has 142 heavy (non-hydrogen) atoms. The van der Waals surface area contributed by atoms with Crippen LogP contribution in [0.5, 0.6) is 0 Å². The fourth-order valence-electron chi connectivity index (χ4n) is 18.2. The Morgan fingerprint density at radius 3 is 0.979 bits per heavy atom. The topological polar surface area (TPSA) is 319 Å². The first-order chi connectivity index (χ1) is 68.6. The molecule has 0 bridgehead atoms. The Hall–Kier alpha value is -16.5. The predicted octanol–water partition coefficient (Wildman–Crippen LogP) is 18.7. The lowest BCUT2D eigenvalue weighted by Gasteiger charge is -2.26. The van der Waals surface area contributed by atoms with E-state index >= 15 is 0 Å². The molecule has 0 unspecified atom stereocenters. The minimum Gasteiger partial charge on any atom is -0.378 e. The third kappa shape index (κ3) is 19.9. The average Bonchev–Trinajstić information content (AvgIpc) is 1.63. The van der Waals surface area contributed by atoms with Crippen molar-refractivity contribution in [3.63, 3.8) is 0 Å². The Morgan fingerprint density at radius 1 is 0.345 bits per heavy atom. The second-order valence-electron chi connectivity index (χ2n) is 36.9. The number of nitrogens with zero attached hydrogens (tertiary/aromatic N) is 25. The van der Waals surface area contributed by atoms with Crippen molar-refractivity contribution in [2.75, 3.05) is 50.8 Å². The van der Waals surface area contributed by atoms with Gasteiger partial charge >= 0.3 is 6.18 Å². The lowest BCUT2D eigenvalue weighted by molar-refractivity contribution is -0.147. The van der Waals surface area contributed by atoms with Gasteiger partial charge in [-0.2, -0.15) is 28.4 Å². The number of alkyl halides is 3. The summed E-state index contributed by atoms with van der Waals surface area (Å²) in [5, 5.41) is 13.0. The number of aryl methyl sites for hydroxylation is 4. The van der Waals surface area contributed by atoms with Crippen LogP contribution in [0.25, 0.3) is 96.6 Å². The maximum Gasteiger partial charge on any atom is 0.451 e. The van der Waals surface area contributed by atoms with Gasteiger partial charge in [0.25, 0.3) is 0 Å². The SMILES string of the molecule is CC(C)c1ccccc1-c1ncc2c(n1)N(Cc1ccc(-c3nc(C(F)(F)F)n(C)n3)cc1)C(=O)C2.CC(C)c1ccccc1-c1ncc2c(n1)N(Cc1ccc(-c3nc(N4CCOCC4)n(C)n3)cc1)C(=O)C2.CC(C)c1ccccc1-c1ncc2c(n1)N(Cc1ccc(-c3nccn4ccnc34)cc1)C(=O)C2.Cc1nc(-c2ccc(CN3C(=O)Cc4cnc(-c5ccccc5C(C)C)nc43)cc2)nn1C. The molecule has 33 heteroatoms. The molecule has 0 spiro atoms. The van der Waals surface area contributed by atoms with Crippen LogP contribution < -0.4 is 24.5 Å². The van der Waals surface area contributed by atoms with E-state index in [4.69, 9.17) is 29.7 Å². The summed E-state index contributed by atoms with van der Waals surface area (Å²) >= 11 is 0. The Kier molecular flexibility index (Phi) is 26.7. The number of imidazole rings is 1. The summed E-state index contributed by atoms with van der Waals surface area (Å²) in [7, 11) is 5.01. The lowest BCUT2D eigenvalue weighted by Crippen LogP contribution is -2.37. The molecule has 0 aliphatic carbocycles. The summed E-state index contributed by atoms with van der Waals surface area (Å²) in [5.74, 6) is 8.60. The Balaban J connectivity index is 0.000000120. The minimum absolute atomic E-state index is 0.0137. The van der Waals surface area contributed by atoms with Crippen LogP contribution in [0.2, 0.25) is 0 Å². The number of carbonyl (C=O) groups is 4. The number of rotatable bonds is 21. The molecule has 0 atom stereocenters. The van der Waals surface area contributed by atoms with Crippen LogP contribution in [0, 0.1) is 6.92 Å². The highest BCUT2D eigenvalue weighted by Crippen LogP contribution is 2.41. The van der Waals surface area contributed by atoms with Crippen molar-refractivity contribution in [2.45, 2.75) is 144 Å². The van der Waals surface area contributed by atoms with E-state index < -0.39 is 12.0 Å². The first-order valence-corrected chi connectivity index (χ1v) is 47.3. The Bertz CT molecular complexity index is 7580. The van der Waals surface area contributed by atoms with E-state index in [1.165, 1.54) is 23.7 Å². The molecule has 1 saturated heterocycles. The molecule has 5 aliphatic heterocycles. The zero-order valence-corrected chi connectivity index (χ0v) is 80.7. The van der Waals surface area contributed by atoms with Crippen molar-refractivity contribution in [3.8, 4) is 91.0 Å². The lowest BCUT2D eigenvalue weighted by atomic mass is 9.97. The number of hydrogen-bond acceptors (Lipinski definition) is 22. The highest BCUT2D eigenvalue weighted by Gasteiger charge is 2.39. The number of fused-ring (bicyclic) bond motifs is 5. The molecule has 9 aromatic heterocycles. The van der Waals surface area contributed by atoms with Gasteiger partial charge in [0, 0.05) is 151 Å². The molecule has 716 valence electrons. The summed E-state index contributed by atoms with van der Waals surface area (Å²) in [4.78, 5) is 120. The van der Waals surface area contributed by atoms with E-state index in [9.17, 15) is 32.3 Å². The first-order valence-electron chi connectivity index (χ1n) is 47.3. The molecule has 8 aromatic carbocycles. The molecular formula is C109H104F3N25O5. The number of anilines is 5. The number of halogens is 3. The second kappa shape index (κ2) is 40.2. The molecule has 5 aliphatic rings. The number of benzene rings is 8. The molecular weight excluding hydrogens is 1800 g/mol. The average molecular weight is 1900 g/mol. The van der Waals surface area contributed by atoms with Gasteiger partial charge in [-0.05, 0) is 75.1 Å². The summed E-state index contributed by atoms with van der Waals surface area (Å²) in [6.45, 7) is 23.8. The molecule has 22 rings (SSSR count). The van der Waals surface area contributed by atoms with Gasteiger partial charge in [0.15, 0.2) is 46.4 Å². The smallest absolute Gasteiger partial charge is 0.378 e. The van der Waals surface area contributed by atoms with Crippen LogP contribution in [0.15, 0.2) is 244 Å². The maximum atomic E-state index is 13.1. The van der Waals surface area contributed by atoms with E-state index in [1.54, 1.807) is 85.7 Å². The zero-order valence-electron chi connectivity index (χ0n) is 80.7. The molecule has 14 heterocycles. The van der Waals surface area contributed by atoms with Crippen molar-refractivity contribution in [2.24, 2.45) is 21.1 Å². The van der Waals surface area contributed by atoms with Crippen LogP contribution in [-0.4, -0.2) is 148 Å². The molecule has 4 amide bonds. The Morgan fingerprint density at radius 2 is 0.655 bits per heavy atom. The van der Waals surface area contributed by atoms with Gasteiger partial charge in [-0.1, -0.05) is 250 Å². The molecule has 17 aromatic rings. The van der Waals surface area contributed by atoms with Crippen molar-refractivity contribution >= 4 is 58.5 Å². The fraction of sp³-hybridized carbons (Fsp3) is 0.266. The van der Waals surface area contributed by atoms with Crippen LogP contribution >= 0.6 is 0 Å². The van der Waals surface area contributed by atoms with Crippen molar-refractivity contribution in [1.29, 1.82) is 0 Å². The summed E-state index contributed by atoms with van der Waals surface area (Å²) in [6, 6.07) is 63.6. The van der Waals surface area contributed by atoms with Crippen molar-refractivity contribution in [3.05, 3.63) is 322 Å².